The van der Waals surface area contributed by atoms with Crippen LogP contribution < -0.4 is 0 Å². The van der Waals surface area contributed by atoms with Crippen molar-refractivity contribution in [3.8, 4) is 0 Å². The lowest BCUT2D eigenvalue weighted by Gasteiger charge is -2.09. The Labute approximate surface area is 135 Å². The van der Waals surface area contributed by atoms with Gasteiger partial charge in [0.05, 0.1) is 5.39 Å². The second-order valence-electron chi connectivity index (χ2n) is 5.69. The molecule has 0 radical (unpaired) electrons. The van der Waals surface area contributed by atoms with Gasteiger partial charge < -0.3 is 0 Å². The Morgan fingerprint density at radius 3 is 3.09 bits per heavy atom. The van der Waals surface area contributed by atoms with Crippen molar-refractivity contribution in [2.75, 3.05) is 0 Å². The zero-order chi connectivity index (χ0) is 14.5. The summed E-state index contributed by atoms with van der Waals surface area (Å²) in [7, 11) is 0. The standard InChI is InChI=1S/C16H14N4S2/c1-2-6-12-11(5-1)14-15-18-13(8-10-4-3-7-21-10)19-20(15)9-17-16(14)22-12/h3-4,7,9H,1-2,5-6,8H2. The quantitative estimate of drug-likeness (QED) is 0.561. The van der Waals surface area contributed by atoms with Crippen LogP contribution in [-0.4, -0.2) is 19.6 Å². The van der Waals surface area contributed by atoms with E-state index < -0.39 is 0 Å². The first-order chi connectivity index (χ1) is 10.9. The number of hydrogen-bond acceptors (Lipinski definition) is 5. The van der Waals surface area contributed by atoms with Crippen molar-refractivity contribution in [2.24, 2.45) is 0 Å². The van der Waals surface area contributed by atoms with Gasteiger partial charge in [0, 0.05) is 16.2 Å². The van der Waals surface area contributed by atoms with Crippen LogP contribution in [0.4, 0.5) is 0 Å². The molecular weight excluding hydrogens is 312 g/mol. The summed E-state index contributed by atoms with van der Waals surface area (Å²) in [6.45, 7) is 0. The molecule has 0 amide bonds. The molecule has 4 aromatic rings. The highest BCUT2D eigenvalue weighted by atomic mass is 32.1. The Morgan fingerprint density at radius 2 is 2.18 bits per heavy atom. The van der Waals surface area contributed by atoms with Gasteiger partial charge in [-0.1, -0.05) is 6.07 Å². The number of hydrogen-bond donors (Lipinski definition) is 0. The summed E-state index contributed by atoms with van der Waals surface area (Å²) in [5, 5.41) is 7.96. The molecule has 4 aromatic heterocycles. The Hall–Kier alpha value is -1.79. The second-order valence-corrected chi connectivity index (χ2v) is 7.80. The molecular formula is C16H14N4S2. The van der Waals surface area contributed by atoms with Crippen molar-refractivity contribution in [1.82, 2.24) is 19.6 Å². The van der Waals surface area contributed by atoms with Crippen LogP contribution in [0.25, 0.3) is 15.9 Å². The fourth-order valence-electron chi connectivity index (χ4n) is 3.24. The van der Waals surface area contributed by atoms with Crippen molar-refractivity contribution in [2.45, 2.75) is 32.1 Å². The van der Waals surface area contributed by atoms with E-state index in [0.717, 1.165) is 29.1 Å². The molecule has 5 rings (SSSR count). The first-order valence-electron chi connectivity index (χ1n) is 7.55. The normalized spacial score (nSPS) is 14.7. The summed E-state index contributed by atoms with van der Waals surface area (Å²) in [6.07, 6.45) is 7.53. The monoisotopic (exact) mass is 326 g/mol. The minimum absolute atomic E-state index is 0.799. The highest BCUT2D eigenvalue weighted by molar-refractivity contribution is 7.19. The van der Waals surface area contributed by atoms with E-state index in [0.29, 0.717) is 0 Å². The molecule has 0 aromatic carbocycles. The number of nitrogens with zero attached hydrogens (tertiary/aromatic N) is 4. The average Bonchev–Trinajstić information content (AvgIpc) is 3.23. The highest BCUT2D eigenvalue weighted by Gasteiger charge is 2.20. The van der Waals surface area contributed by atoms with Crippen LogP contribution >= 0.6 is 22.7 Å². The van der Waals surface area contributed by atoms with Gasteiger partial charge in [-0.2, -0.15) is 0 Å². The first kappa shape index (κ1) is 12.7. The van der Waals surface area contributed by atoms with E-state index in [9.17, 15) is 0 Å². The second kappa shape index (κ2) is 4.86. The van der Waals surface area contributed by atoms with Gasteiger partial charge in [0.15, 0.2) is 11.5 Å². The molecule has 0 spiro atoms. The smallest absolute Gasteiger partial charge is 0.167 e. The molecule has 0 unspecified atom stereocenters. The Bertz CT molecular complexity index is 965. The summed E-state index contributed by atoms with van der Waals surface area (Å²) in [5.41, 5.74) is 2.45. The molecule has 0 bridgehead atoms. The third-order valence-electron chi connectivity index (χ3n) is 4.25. The van der Waals surface area contributed by atoms with Gasteiger partial charge in [-0.05, 0) is 42.7 Å². The van der Waals surface area contributed by atoms with E-state index in [2.05, 4.69) is 27.6 Å². The topological polar surface area (TPSA) is 43.1 Å². The van der Waals surface area contributed by atoms with E-state index in [1.165, 1.54) is 40.0 Å². The van der Waals surface area contributed by atoms with Crippen LogP contribution in [-0.2, 0) is 19.3 Å². The lowest BCUT2D eigenvalue weighted by atomic mass is 9.97. The largest absolute Gasteiger partial charge is 0.225 e. The maximum Gasteiger partial charge on any atom is 0.167 e. The number of rotatable bonds is 2. The number of aryl methyl sites for hydroxylation is 2. The zero-order valence-electron chi connectivity index (χ0n) is 12.0. The Morgan fingerprint density at radius 1 is 1.23 bits per heavy atom. The minimum atomic E-state index is 0.799. The van der Waals surface area contributed by atoms with Crippen molar-refractivity contribution in [1.29, 1.82) is 0 Å². The predicted molar refractivity (Wildman–Crippen MR) is 89.9 cm³/mol. The van der Waals surface area contributed by atoms with E-state index in [1.54, 1.807) is 11.3 Å². The van der Waals surface area contributed by atoms with E-state index in [-0.39, 0.29) is 0 Å². The van der Waals surface area contributed by atoms with Crippen LogP contribution in [0.3, 0.4) is 0 Å². The maximum absolute atomic E-state index is 4.82. The molecule has 22 heavy (non-hydrogen) atoms. The third kappa shape index (κ3) is 1.90. The number of thiophene rings is 2. The van der Waals surface area contributed by atoms with Crippen LogP contribution in [0.5, 0.6) is 0 Å². The molecule has 0 aliphatic heterocycles. The van der Waals surface area contributed by atoms with E-state index in [4.69, 9.17) is 4.98 Å². The van der Waals surface area contributed by atoms with Gasteiger partial charge in [-0.3, -0.25) is 0 Å². The fraction of sp³-hybridized carbons (Fsp3) is 0.312. The van der Waals surface area contributed by atoms with Crippen molar-refractivity contribution >= 4 is 38.5 Å². The van der Waals surface area contributed by atoms with Crippen LogP contribution in [0.1, 0.15) is 34.0 Å². The number of fused-ring (bicyclic) bond motifs is 5. The summed E-state index contributed by atoms with van der Waals surface area (Å²) in [4.78, 5) is 13.4. The summed E-state index contributed by atoms with van der Waals surface area (Å²) in [6, 6.07) is 4.21. The van der Waals surface area contributed by atoms with Gasteiger partial charge in [-0.25, -0.2) is 14.5 Å². The van der Waals surface area contributed by atoms with Crippen molar-refractivity contribution in [3.63, 3.8) is 0 Å². The molecule has 1 aliphatic rings. The SMILES string of the molecule is c1csc(Cc2nc3c4c5c(sc4ncn3n2)CCCC5)c1. The molecule has 0 saturated carbocycles. The van der Waals surface area contributed by atoms with Crippen LogP contribution in [0.15, 0.2) is 23.8 Å². The molecule has 110 valence electrons. The summed E-state index contributed by atoms with van der Waals surface area (Å²) >= 11 is 3.59. The third-order valence-corrected chi connectivity index (χ3v) is 6.32. The van der Waals surface area contributed by atoms with Gasteiger partial charge in [0.25, 0.3) is 0 Å². The van der Waals surface area contributed by atoms with Crippen molar-refractivity contribution < 1.29 is 0 Å². The molecule has 0 N–H and O–H groups in total. The average molecular weight is 326 g/mol. The highest BCUT2D eigenvalue weighted by Crippen LogP contribution is 2.36. The molecule has 6 heteroatoms. The fourth-order valence-corrected chi connectivity index (χ4v) is 5.17. The van der Waals surface area contributed by atoms with Gasteiger partial charge in [-0.15, -0.1) is 27.8 Å². The zero-order valence-corrected chi connectivity index (χ0v) is 13.6. The maximum atomic E-state index is 4.82. The molecule has 1 aliphatic carbocycles. The molecule has 4 heterocycles. The molecule has 4 nitrogen and oxygen atoms in total. The van der Waals surface area contributed by atoms with Crippen molar-refractivity contribution in [3.05, 3.63) is 45.0 Å². The molecule has 0 saturated heterocycles. The lowest BCUT2D eigenvalue weighted by Crippen LogP contribution is -1.99. The van der Waals surface area contributed by atoms with E-state index >= 15 is 0 Å². The minimum Gasteiger partial charge on any atom is -0.225 e. The van der Waals surface area contributed by atoms with Crippen LogP contribution in [0, 0.1) is 0 Å². The van der Waals surface area contributed by atoms with E-state index in [1.807, 2.05) is 22.2 Å². The Kier molecular flexibility index (Phi) is 2.81. The number of aromatic nitrogens is 4. The van der Waals surface area contributed by atoms with Gasteiger partial charge >= 0.3 is 0 Å². The van der Waals surface area contributed by atoms with Gasteiger partial charge in [0.1, 0.15) is 11.2 Å². The lowest BCUT2D eigenvalue weighted by molar-refractivity contribution is 0.700. The summed E-state index contributed by atoms with van der Waals surface area (Å²) in [5.74, 6) is 0.882. The summed E-state index contributed by atoms with van der Waals surface area (Å²) < 4.78 is 1.85. The van der Waals surface area contributed by atoms with Crippen LogP contribution in [0.2, 0.25) is 0 Å². The first-order valence-corrected chi connectivity index (χ1v) is 9.25. The Balaban J connectivity index is 1.71. The predicted octanol–water partition coefficient (Wildman–Crippen LogP) is 3.87. The molecule has 0 atom stereocenters. The molecule has 0 fully saturated rings. The van der Waals surface area contributed by atoms with Gasteiger partial charge in [0.2, 0.25) is 0 Å².